The molecule has 1 heterocycles. The number of carbonyl (C=O) groups excluding carboxylic acids is 1. The number of aryl methyl sites for hydroxylation is 1. The SMILES string of the molecule is CCNC(COc1ccc2c(c1)CCC(=O)N2)C(C)CC. The van der Waals surface area contributed by atoms with E-state index in [4.69, 9.17) is 4.74 Å². The molecular formula is C17H26N2O2. The number of carbonyl (C=O) groups is 1. The topological polar surface area (TPSA) is 50.4 Å². The maximum Gasteiger partial charge on any atom is 0.224 e. The number of hydrogen-bond acceptors (Lipinski definition) is 3. The van der Waals surface area contributed by atoms with Crippen LogP contribution in [0.15, 0.2) is 18.2 Å². The molecule has 2 atom stereocenters. The molecule has 1 aromatic rings. The van der Waals surface area contributed by atoms with Crippen molar-refractivity contribution < 1.29 is 9.53 Å². The van der Waals surface area contributed by atoms with Crippen molar-refractivity contribution in [3.05, 3.63) is 23.8 Å². The Morgan fingerprint density at radius 2 is 2.14 bits per heavy atom. The van der Waals surface area contributed by atoms with E-state index in [0.717, 1.165) is 36.4 Å². The highest BCUT2D eigenvalue weighted by Crippen LogP contribution is 2.27. The highest BCUT2D eigenvalue weighted by atomic mass is 16.5. The van der Waals surface area contributed by atoms with Crippen LogP contribution in [0.25, 0.3) is 0 Å². The fourth-order valence-electron chi connectivity index (χ4n) is 2.61. The van der Waals surface area contributed by atoms with E-state index in [1.807, 2.05) is 18.2 Å². The Bertz CT molecular complexity index is 488. The maximum atomic E-state index is 11.4. The molecule has 2 unspecified atom stereocenters. The Morgan fingerprint density at radius 3 is 2.86 bits per heavy atom. The Hall–Kier alpha value is -1.55. The van der Waals surface area contributed by atoms with Crippen LogP contribution in [-0.4, -0.2) is 25.1 Å². The number of hydrogen-bond donors (Lipinski definition) is 2. The Balaban J connectivity index is 1.98. The molecule has 1 amide bonds. The van der Waals surface area contributed by atoms with Gasteiger partial charge in [-0.2, -0.15) is 0 Å². The second-order valence-corrected chi connectivity index (χ2v) is 5.73. The number of fused-ring (bicyclic) bond motifs is 1. The first-order valence-electron chi connectivity index (χ1n) is 7.93. The molecule has 0 radical (unpaired) electrons. The number of rotatable bonds is 7. The summed E-state index contributed by atoms with van der Waals surface area (Å²) in [7, 11) is 0. The lowest BCUT2D eigenvalue weighted by Crippen LogP contribution is -2.39. The minimum Gasteiger partial charge on any atom is -0.492 e. The number of likely N-dealkylation sites (N-methyl/N-ethyl adjacent to an activating group) is 1. The van der Waals surface area contributed by atoms with E-state index in [9.17, 15) is 4.79 Å². The van der Waals surface area contributed by atoms with Gasteiger partial charge in [-0.15, -0.1) is 0 Å². The van der Waals surface area contributed by atoms with E-state index >= 15 is 0 Å². The van der Waals surface area contributed by atoms with Crippen LogP contribution in [-0.2, 0) is 11.2 Å². The Morgan fingerprint density at radius 1 is 1.33 bits per heavy atom. The summed E-state index contributed by atoms with van der Waals surface area (Å²) in [4.78, 5) is 11.4. The lowest BCUT2D eigenvalue weighted by atomic mass is 10.00. The van der Waals surface area contributed by atoms with Crippen molar-refractivity contribution in [2.75, 3.05) is 18.5 Å². The van der Waals surface area contributed by atoms with Crippen molar-refractivity contribution in [1.29, 1.82) is 0 Å². The lowest BCUT2D eigenvalue weighted by Gasteiger charge is -2.24. The summed E-state index contributed by atoms with van der Waals surface area (Å²) in [5.41, 5.74) is 2.08. The zero-order valence-electron chi connectivity index (χ0n) is 13.2. The molecule has 0 saturated heterocycles. The predicted octanol–water partition coefficient (Wildman–Crippen LogP) is 2.97. The molecule has 21 heavy (non-hydrogen) atoms. The van der Waals surface area contributed by atoms with Crippen LogP contribution < -0.4 is 15.4 Å². The highest BCUT2D eigenvalue weighted by molar-refractivity contribution is 5.93. The molecule has 116 valence electrons. The summed E-state index contributed by atoms with van der Waals surface area (Å²) < 4.78 is 5.96. The third-order valence-electron chi connectivity index (χ3n) is 4.20. The molecule has 2 N–H and O–H groups in total. The quantitative estimate of drug-likeness (QED) is 0.811. The molecule has 1 aliphatic rings. The van der Waals surface area contributed by atoms with Crippen molar-refractivity contribution >= 4 is 11.6 Å². The van der Waals surface area contributed by atoms with Gasteiger partial charge >= 0.3 is 0 Å². The third kappa shape index (κ3) is 4.21. The van der Waals surface area contributed by atoms with Crippen molar-refractivity contribution in [3.8, 4) is 5.75 Å². The second kappa shape index (κ2) is 7.46. The zero-order valence-corrected chi connectivity index (χ0v) is 13.2. The van der Waals surface area contributed by atoms with Crippen LogP contribution in [0.2, 0.25) is 0 Å². The summed E-state index contributed by atoms with van der Waals surface area (Å²) in [6, 6.07) is 6.29. The summed E-state index contributed by atoms with van der Waals surface area (Å²) >= 11 is 0. The van der Waals surface area contributed by atoms with Gasteiger partial charge in [-0.1, -0.05) is 27.2 Å². The smallest absolute Gasteiger partial charge is 0.224 e. The summed E-state index contributed by atoms with van der Waals surface area (Å²) in [6.45, 7) is 8.20. The molecule has 1 aliphatic heterocycles. The van der Waals surface area contributed by atoms with Crippen molar-refractivity contribution in [1.82, 2.24) is 5.32 Å². The molecule has 0 saturated carbocycles. The average molecular weight is 290 g/mol. The van der Waals surface area contributed by atoms with Gasteiger partial charge in [-0.25, -0.2) is 0 Å². The van der Waals surface area contributed by atoms with Crippen molar-refractivity contribution in [2.24, 2.45) is 5.92 Å². The van der Waals surface area contributed by atoms with Gasteiger partial charge in [-0.3, -0.25) is 4.79 Å². The van der Waals surface area contributed by atoms with Crippen LogP contribution in [0.5, 0.6) is 5.75 Å². The maximum absolute atomic E-state index is 11.4. The monoisotopic (exact) mass is 290 g/mol. The van der Waals surface area contributed by atoms with E-state index in [2.05, 4.69) is 31.4 Å². The Kier molecular flexibility index (Phi) is 5.62. The number of amides is 1. The first-order valence-corrected chi connectivity index (χ1v) is 7.93. The predicted molar refractivity (Wildman–Crippen MR) is 85.8 cm³/mol. The number of nitrogens with one attached hydrogen (secondary N) is 2. The normalized spacial score (nSPS) is 16.8. The van der Waals surface area contributed by atoms with Crippen LogP contribution in [0, 0.1) is 5.92 Å². The number of ether oxygens (including phenoxy) is 1. The van der Waals surface area contributed by atoms with Crippen LogP contribution >= 0.6 is 0 Å². The molecule has 2 rings (SSSR count). The zero-order chi connectivity index (χ0) is 15.2. The lowest BCUT2D eigenvalue weighted by molar-refractivity contribution is -0.116. The number of benzene rings is 1. The highest BCUT2D eigenvalue weighted by Gasteiger charge is 2.17. The molecule has 4 nitrogen and oxygen atoms in total. The fourth-order valence-corrected chi connectivity index (χ4v) is 2.61. The average Bonchev–Trinajstić information content (AvgIpc) is 2.50. The number of anilines is 1. The third-order valence-corrected chi connectivity index (χ3v) is 4.20. The van der Waals surface area contributed by atoms with E-state index in [-0.39, 0.29) is 5.91 Å². The fraction of sp³-hybridized carbons (Fsp3) is 0.588. The van der Waals surface area contributed by atoms with Gasteiger partial charge < -0.3 is 15.4 Å². The molecule has 1 aromatic carbocycles. The van der Waals surface area contributed by atoms with E-state index < -0.39 is 0 Å². The molecular weight excluding hydrogens is 264 g/mol. The van der Waals surface area contributed by atoms with Gasteiger partial charge in [0, 0.05) is 18.2 Å². The van der Waals surface area contributed by atoms with Gasteiger partial charge in [0.1, 0.15) is 12.4 Å². The van der Waals surface area contributed by atoms with E-state index in [1.165, 1.54) is 0 Å². The van der Waals surface area contributed by atoms with Crippen LogP contribution in [0.1, 0.15) is 39.2 Å². The first kappa shape index (κ1) is 15.8. The molecule has 0 bridgehead atoms. The summed E-state index contributed by atoms with van der Waals surface area (Å²) in [5.74, 6) is 1.57. The van der Waals surface area contributed by atoms with Gasteiger partial charge in [0.2, 0.25) is 5.91 Å². The van der Waals surface area contributed by atoms with E-state index in [1.54, 1.807) is 0 Å². The standard InChI is InChI=1S/C17H26N2O2/c1-4-12(3)16(18-5-2)11-21-14-7-8-15-13(10-14)6-9-17(20)19-15/h7-8,10,12,16,18H,4-6,9,11H2,1-3H3,(H,19,20). The summed E-state index contributed by atoms with van der Waals surface area (Å²) in [5, 5.41) is 6.38. The van der Waals surface area contributed by atoms with Crippen molar-refractivity contribution in [3.63, 3.8) is 0 Å². The van der Waals surface area contributed by atoms with E-state index in [0.29, 0.717) is 25.0 Å². The minimum atomic E-state index is 0.0974. The largest absolute Gasteiger partial charge is 0.492 e. The molecule has 0 fully saturated rings. The van der Waals surface area contributed by atoms with Gasteiger partial charge in [-0.05, 0) is 42.6 Å². The van der Waals surface area contributed by atoms with Crippen molar-refractivity contribution in [2.45, 2.75) is 46.1 Å². The van der Waals surface area contributed by atoms with Gasteiger partial charge in [0.25, 0.3) is 0 Å². The van der Waals surface area contributed by atoms with Crippen LogP contribution in [0.3, 0.4) is 0 Å². The Labute approximate surface area is 127 Å². The molecule has 0 aromatic heterocycles. The molecule has 4 heteroatoms. The van der Waals surface area contributed by atoms with Gasteiger partial charge in [0.05, 0.1) is 0 Å². The second-order valence-electron chi connectivity index (χ2n) is 5.73. The van der Waals surface area contributed by atoms with Crippen LogP contribution in [0.4, 0.5) is 5.69 Å². The first-order chi connectivity index (χ1) is 10.1. The molecule has 0 aliphatic carbocycles. The summed E-state index contributed by atoms with van der Waals surface area (Å²) in [6.07, 6.45) is 2.49. The van der Waals surface area contributed by atoms with Gasteiger partial charge in [0.15, 0.2) is 0 Å². The molecule has 0 spiro atoms. The minimum absolute atomic E-state index is 0.0974.